The van der Waals surface area contributed by atoms with E-state index in [4.69, 9.17) is 11.6 Å². The maximum absolute atomic E-state index is 5.95. The minimum atomic E-state index is 0.359. The molecule has 2 rings (SSSR count). The maximum Gasteiger partial charge on any atom is 0.0931 e. The van der Waals surface area contributed by atoms with Crippen molar-refractivity contribution in [3.63, 3.8) is 0 Å². The molecule has 0 amide bonds. The Kier molecular flexibility index (Phi) is 4.81. The van der Waals surface area contributed by atoms with Crippen molar-refractivity contribution in [3.8, 4) is 0 Å². The number of hydrogen-bond donors (Lipinski definition) is 1. The van der Waals surface area contributed by atoms with E-state index in [1.54, 1.807) is 11.3 Å². The van der Waals surface area contributed by atoms with Gasteiger partial charge in [-0.15, -0.1) is 11.3 Å². The van der Waals surface area contributed by atoms with Crippen molar-refractivity contribution in [1.29, 1.82) is 0 Å². The summed E-state index contributed by atoms with van der Waals surface area (Å²) >= 11 is 7.54. The van der Waals surface area contributed by atoms with Crippen molar-refractivity contribution >= 4 is 22.9 Å². The molecule has 1 aromatic heterocycles. The van der Waals surface area contributed by atoms with E-state index in [2.05, 4.69) is 48.8 Å². The Bertz CT molecular complexity index is 507. The Labute approximate surface area is 118 Å². The normalized spacial score (nSPS) is 12.6. The molecule has 0 spiro atoms. The van der Waals surface area contributed by atoms with Gasteiger partial charge in [-0.3, -0.25) is 0 Å². The fourth-order valence-electron chi connectivity index (χ4n) is 1.98. The van der Waals surface area contributed by atoms with Gasteiger partial charge >= 0.3 is 0 Å². The molecule has 0 saturated carbocycles. The summed E-state index contributed by atoms with van der Waals surface area (Å²) in [7, 11) is 0. The first-order valence-corrected chi connectivity index (χ1v) is 7.44. The first kappa shape index (κ1) is 13.6. The number of aryl methyl sites for hydroxylation is 1. The van der Waals surface area contributed by atoms with Gasteiger partial charge in [-0.25, -0.2) is 0 Å². The Morgan fingerprint density at radius 1 is 1.33 bits per heavy atom. The quantitative estimate of drug-likeness (QED) is 0.843. The molecule has 1 N–H and O–H groups in total. The van der Waals surface area contributed by atoms with Crippen LogP contribution in [-0.2, 0) is 6.42 Å². The van der Waals surface area contributed by atoms with Crippen LogP contribution >= 0.6 is 22.9 Å². The minimum absolute atomic E-state index is 0.359. The largest absolute Gasteiger partial charge is 0.310 e. The van der Waals surface area contributed by atoms with Crippen LogP contribution in [-0.4, -0.2) is 6.54 Å². The van der Waals surface area contributed by atoms with Crippen LogP contribution < -0.4 is 5.32 Å². The Hall–Kier alpha value is -0.830. The van der Waals surface area contributed by atoms with Gasteiger partial charge in [-0.2, -0.15) is 0 Å². The number of rotatable bonds is 5. The van der Waals surface area contributed by atoms with Crippen molar-refractivity contribution in [2.45, 2.75) is 26.3 Å². The molecule has 0 saturated heterocycles. The zero-order chi connectivity index (χ0) is 13.0. The molecule has 96 valence electrons. The molecule has 18 heavy (non-hydrogen) atoms. The molecule has 0 aliphatic carbocycles. The lowest BCUT2D eigenvalue weighted by Crippen LogP contribution is -2.21. The van der Waals surface area contributed by atoms with Crippen molar-refractivity contribution in [2.24, 2.45) is 0 Å². The highest BCUT2D eigenvalue weighted by Crippen LogP contribution is 2.24. The van der Waals surface area contributed by atoms with E-state index in [1.165, 1.54) is 16.7 Å². The summed E-state index contributed by atoms with van der Waals surface area (Å²) in [5, 5.41) is 5.65. The number of benzene rings is 1. The molecule has 3 heteroatoms. The van der Waals surface area contributed by atoms with Crippen molar-refractivity contribution < 1.29 is 0 Å². The Balaban J connectivity index is 1.84. The predicted octanol–water partition coefficient (Wildman–Crippen LogP) is 4.60. The third kappa shape index (κ3) is 3.58. The lowest BCUT2D eigenvalue weighted by molar-refractivity contribution is 0.578. The Morgan fingerprint density at radius 2 is 2.11 bits per heavy atom. The summed E-state index contributed by atoms with van der Waals surface area (Å²) in [6.07, 6.45) is 1.06. The van der Waals surface area contributed by atoms with E-state index in [9.17, 15) is 0 Å². The van der Waals surface area contributed by atoms with Crippen LogP contribution in [0.2, 0.25) is 4.34 Å². The molecule has 0 radical (unpaired) electrons. The minimum Gasteiger partial charge on any atom is -0.310 e. The predicted molar refractivity (Wildman–Crippen MR) is 80.6 cm³/mol. The number of halogens is 1. The van der Waals surface area contributed by atoms with E-state index >= 15 is 0 Å². The van der Waals surface area contributed by atoms with Gasteiger partial charge < -0.3 is 5.32 Å². The second kappa shape index (κ2) is 6.37. The highest BCUT2D eigenvalue weighted by molar-refractivity contribution is 7.14. The summed E-state index contributed by atoms with van der Waals surface area (Å²) in [5.74, 6) is 0. The lowest BCUT2D eigenvalue weighted by atomic mass is 10.1. The fraction of sp³-hybridized carbons (Fsp3) is 0.333. The highest BCUT2D eigenvalue weighted by Gasteiger charge is 2.07. The molecule has 0 fully saturated rings. The number of hydrogen-bond acceptors (Lipinski definition) is 2. The zero-order valence-electron chi connectivity index (χ0n) is 10.7. The summed E-state index contributed by atoms with van der Waals surface area (Å²) in [6.45, 7) is 5.33. The van der Waals surface area contributed by atoms with Crippen LogP contribution in [0, 0.1) is 6.92 Å². The first-order valence-electron chi connectivity index (χ1n) is 6.18. The van der Waals surface area contributed by atoms with E-state index < -0.39 is 0 Å². The van der Waals surface area contributed by atoms with E-state index in [0.29, 0.717) is 6.04 Å². The summed E-state index contributed by atoms with van der Waals surface area (Å²) in [5.41, 5.74) is 4.06. The average molecular weight is 280 g/mol. The second-order valence-electron chi connectivity index (χ2n) is 4.54. The average Bonchev–Trinajstić information content (AvgIpc) is 2.78. The van der Waals surface area contributed by atoms with Gasteiger partial charge in [0.2, 0.25) is 0 Å². The standard InChI is InChI=1S/C15H18ClNS/c1-11-5-3-4-6-13(11)7-8-17-12(2)14-9-15(16)18-10-14/h3-6,9-10,12,17H,7-8H2,1-2H3. The van der Waals surface area contributed by atoms with Crippen LogP contribution in [0.4, 0.5) is 0 Å². The summed E-state index contributed by atoms with van der Waals surface area (Å²) < 4.78 is 0.859. The molecule has 0 bridgehead atoms. The molecular formula is C15H18ClNS. The third-order valence-corrected chi connectivity index (χ3v) is 4.30. The zero-order valence-corrected chi connectivity index (χ0v) is 12.3. The monoisotopic (exact) mass is 279 g/mol. The molecule has 2 aromatic rings. The van der Waals surface area contributed by atoms with Gasteiger partial charge in [0, 0.05) is 6.04 Å². The molecule has 1 nitrogen and oxygen atoms in total. The second-order valence-corrected chi connectivity index (χ2v) is 6.08. The van der Waals surface area contributed by atoms with E-state index in [1.807, 2.05) is 6.07 Å². The molecular weight excluding hydrogens is 262 g/mol. The van der Waals surface area contributed by atoms with Crippen molar-refractivity contribution in [1.82, 2.24) is 5.32 Å². The third-order valence-electron chi connectivity index (χ3n) is 3.19. The van der Waals surface area contributed by atoms with Crippen LogP contribution in [0.15, 0.2) is 35.7 Å². The van der Waals surface area contributed by atoms with Crippen LogP contribution in [0.5, 0.6) is 0 Å². The van der Waals surface area contributed by atoms with Crippen LogP contribution in [0.3, 0.4) is 0 Å². The molecule has 0 aliphatic heterocycles. The maximum atomic E-state index is 5.95. The van der Waals surface area contributed by atoms with Gasteiger partial charge in [-0.1, -0.05) is 35.9 Å². The lowest BCUT2D eigenvalue weighted by Gasteiger charge is -2.13. The first-order chi connectivity index (χ1) is 8.66. The van der Waals surface area contributed by atoms with Crippen molar-refractivity contribution in [3.05, 3.63) is 56.7 Å². The van der Waals surface area contributed by atoms with Gasteiger partial charge in [0.25, 0.3) is 0 Å². The molecule has 1 atom stereocenters. The SMILES string of the molecule is Cc1ccccc1CCNC(C)c1csc(Cl)c1. The topological polar surface area (TPSA) is 12.0 Å². The summed E-state index contributed by atoms with van der Waals surface area (Å²) in [6, 6.07) is 10.9. The van der Waals surface area contributed by atoms with E-state index in [-0.39, 0.29) is 0 Å². The van der Waals surface area contributed by atoms with Crippen LogP contribution in [0.1, 0.15) is 29.7 Å². The smallest absolute Gasteiger partial charge is 0.0931 e. The Morgan fingerprint density at radius 3 is 2.78 bits per heavy atom. The van der Waals surface area contributed by atoms with Gasteiger partial charge in [-0.05, 0) is 54.9 Å². The molecule has 1 unspecified atom stereocenters. The summed E-state index contributed by atoms with van der Waals surface area (Å²) in [4.78, 5) is 0. The van der Waals surface area contributed by atoms with Gasteiger partial charge in [0.05, 0.1) is 4.34 Å². The van der Waals surface area contributed by atoms with Gasteiger partial charge in [0.15, 0.2) is 0 Å². The molecule has 0 aliphatic rings. The molecule has 1 aromatic carbocycles. The van der Waals surface area contributed by atoms with Gasteiger partial charge in [0.1, 0.15) is 0 Å². The van der Waals surface area contributed by atoms with E-state index in [0.717, 1.165) is 17.3 Å². The van der Waals surface area contributed by atoms with Crippen molar-refractivity contribution in [2.75, 3.05) is 6.54 Å². The molecule has 1 heterocycles. The number of nitrogens with one attached hydrogen (secondary N) is 1. The fourth-order valence-corrected chi connectivity index (χ4v) is 2.97. The van der Waals surface area contributed by atoms with Crippen LogP contribution in [0.25, 0.3) is 0 Å². The highest BCUT2D eigenvalue weighted by atomic mass is 35.5. The number of thiophene rings is 1.